The van der Waals surface area contributed by atoms with Gasteiger partial charge in [-0.2, -0.15) is 0 Å². The van der Waals surface area contributed by atoms with Gasteiger partial charge in [-0.15, -0.1) is 0 Å². The normalized spacial score (nSPS) is 16.0. The molecule has 3 heteroatoms. The van der Waals surface area contributed by atoms with Crippen LogP contribution >= 0.6 is 0 Å². The lowest BCUT2D eigenvalue weighted by atomic mass is 9.69. The third kappa shape index (κ3) is 3.09. The second kappa shape index (κ2) is 8.20. The number of nitrogen functional groups attached to an aromatic ring is 1. The van der Waals surface area contributed by atoms with Gasteiger partial charge in [0.15, 0.2) is 0 Å². The van der Waals surface area contributed by atoms with E-state index in [9.17, 15) is 0 Å². The minimum Gasteiger partial charge on any atom is -0.487 e. The standard InChI is InChI=1S/C31H24N2O/c32-28-14-6-7-15-29(28)34-21-22-17-18-25-24-12-4-5-13-26(24)31(27(25)20-22,23-10-2-1-3-11-23)30-16-8-9-19-33-30/h1-20H,21,32H2. The van der Waals surface area contributed by atoms with Crippen LogP contribution in [0.5, 0.6) is 5.75 Å². The SMILES string of the molecule is Nc1ccccc1OCc1ccc2c(c1)C(c1ccccc1)(c1ccccn1)c1ccccc1-2. The molecule has 0 fully saturated rings. The van der Waals surface area contributed by atoms with Gasteiger partial charge in [0, 0.05) is 6.20 Å². The van der Waals surface area contributed by atoms with Crippen LogP contribution in [-0.2, 0) is 12.0 Å². The van der Waals surface area contributed by atoms with Gasteiger partial charge in [0.25, 0.3) is 0 Å². The van der Waals surface area contributed by atoms with Gasteiger partial charge >= 0.3 is 0 Å². The van der Waals surface area contributed by atoms with Gasteiger partial charge in [0.1, 0.15) is 12.4 Å². The topological polar surface area (TPSA) is 48.1 Å². The number of anilines is 1. The Labute approximate surface area is 199 Å². The lowest BCUT2D eigenvalue weighted by Gasteiger charge is -2.32. The van der Waals surface area contributed by atoms with Crippen LogP contribution in [0.3, 0.4) is 0 Å². The van der Waals surface area contributed by atoms with E-state index in [4.69, 9.17) is 15.5 Å². The lowest BCUT2D eigenvalue weighted by molar-refractivity contribution is 0.308. The molecule has 3 nitrogen and oxygen atoms in total. The van der Waals surface area contributed by atoms with E-state index in [2.05, 4.69) is 84.9 Å². The number of para-hydroxylation sites is 2. The Bertz CT molecular complexity index is 1420. The van der Waals surface area contributed by atoms with Crippen molar-refractivity contribution in [3.63, 3.8) is 0 Å². The second-order valence-electron chi connectivity index (χ2n) is 8.58. The number of nitrogens with two attached hydrogens (primary N) is 1. The number of rotatable bonds is 5. The van der Waals surface area contributed by atoms with E-state index in [1.807, 2.05) is 36.5 Å². The van der Waals surface area contributed by atoms with E-state index in [1.54, 1.807) is 0 Å². The molecule has 0 spiro atoms. The van der Waals surface area contributed by atoms with Gasteiger partial charge in [-0.3, -0.25) is 4.98 Å². The first-order valence-electron chi connectivity index (χ1n) is 11.5. The van der Waals surface area contributed by atoms with E-state index in [-0.39, 0.29) is 0 Å². The van der Waals surface area contributed by atoms with Crippen molar-refractivity contribution in [2.75, 3.05) is 5.73 Å². The van der Waals surface area contributed by atoms with Crippen molar-refractivity contribution in [3.8, 4) is 16.9 Å². The molecule has 0 saturated carbocycles. The van der Waals surface area contributed by atoms with Gasteiger partial charge < -0.3 is 10.5 Å². The predicted octanol–water partition coefficient (Wildman–Crippen LogP) is 6.61. The number of ether oxygens (including phenoxy) is 1. The first kappa shape index (κ1) is 20.3. The van der Waals surface area contributed by atoms with E-state index >= 15 is 0 Å². The summed E-state index contributed by atoms with van der Waals surface area (Å²) in [4.78, 5) is 4.89. The van der Waals surface area contributed by atoms with Gasteiger partial charge in [0.2, 0.25) is 0 Å². The Balaban J connectivity index is 1.56. The number of benzene rings is 4. The zero-order chi connectivity index (χ0) is 23.0. The minimum atomic E-state index is -0.504. The van der Waals surface area contributed by atoms with Crippen LogP contribution in [0, 0.1) is 0 Å². The third-order valence-corrected chi connectivity index (χ3v) is 6.68. The third-order valence-electron chi connectivity index (χ3n) is 6.68. The maximum atomic E-state index is 6.10. The van der Waals surface area contributed by atoms with Crippen molar-refractivity contribution in [1.29, 1.82) is 0 Å². The quantitative estimate of drug-likeness (QED) is 0.307. The molecule has 0 saturated heterocycles. The number of hydrogen-bond donors (Lipinski definition) is 1. The number of fused-ring (bicyclic) bond motifs is 3. The summed E-state index contributed by atoms with van der Waals surface area (Å²) in [5.74, 6) is 0.699. The average Bonchev–Trinajstić information content (AvgIpc) is 3.20. The number of aromatic nitrogens is 1. The van der Waals surface area contributed by atoms with Crippen molar-refractivity contribution < 1.29 is 4.74 Å². The van der Waals surface area contributed by atoms with E-state index in [1.165, 1.54) is 27.8 Å². The van der Waals surface area contributed by atoms with Gasteiger partial charge in [-0.1, -0.05) is 91.0 Å². The molecule has 0 radical (unpaired) electrons. The van der Waals surface area contributed by atoms with Crippen molar-refractivity contribution in [2.24, 2.45) is 0 Å². The molecule has 1 aromatic heterocycles. The molecule has 34 heavy (non-hydrogen) atoms. The summed E-state index contributed by atoms with van der Waals surface area (Å²) in [5.41, 5.74) is 14.5. The Morgan fingerprint density at radius 2 is 1.41 bits per heavy atom. The summed E-state index contributed by atoms with van der Waals surface area (Å²) in [7, 11) is 0. The van der Waals surface area contributed by atoms with Crippen LogP contribution in [0.4, 0.5) is 5.69 Å². The molecule has 1 aliphatic carbocycles. The van der Waals surface area contributed by atoms with Crippen LogP contribution in [0.1, 0.15) is 27.9 Å². The van der Waals surface area contributed by atoms with Crippen LogP contribution in [0.2, 0.25) is 0 Å². The highest BCUT2D eigenvalue weighted by Crippen LogP contribution is 2.55. The first-order chi connectivity index (χ1) is 16.8. The van der Waals surface area contributed by atoms with Crippen LogP contribution in [0.25, 0.3) is 11.1 Å². The van der Waals surface area contributed by atoms with Gasteiger partial charge in [0.05, 0.1) is 16.8 Å². The minimum absolute atomic E-state index is 0.435. The highest BCUT2D eigenvalue weighted by atomic mass is 16.5. The molecule has 0 bridgehead atoms. The number of nitrogens with zero attached hydrogens (tertiary/aromatic N) is 1. The van der Waals surface area contributed by atoms with E-state index in [0.717, 1.165) is 11.3 Å². The zero-order valence-electron chi connectivity index (χ0n) is 18.7. The smallest absolute Gasteiger partial charge is 0.142 e. The van der Waals surface area contributed by atoms with Crippen LogP contribution in [0.15, 0.2) is 121 Å². The van der Waals surface area contributed by atoms with Crippen LogP contribution in [-0.4, -0.2) is 4.98 Å². The van der Waals surface area contributed by atoms with Crippen LogP contribution < -0.4 is 10.5 Å². The number of pyridine rings is 1. The Kier molecular flexibility index (Phi) is 4.88. The molecule has 164 valence electrons. The lowest BCUT2D eigenvalue weighted by Crippen LogP contribution is -2.29. The fraction of sp³-hybridized carbons (Fsp3) is 0.0645. The molecule has 1 atom stereocenters. The summed E-state index contributed by atoms with van der Waals surface area (Å²) < 4.78 is 6.10. The first-order valence-corrected chi connectivity index (χ1v) is 11.5. The highest BCUT2D eigenvalue weighted by molar-refractivity contribution is 5.86. The average molecular weight is 441 g/mol. The zero-order valence-corrected chi connectivity index (χ0v) is 18.7. The predicted molar refractivity (Wildman–Crippen MR) is 137 cm³/mol. The maximum absolute atomic E-state index is 6.10. The molecule has 1 aliphatic rings. The summed E-state index contributed by atoms with van der Waals surface area (Å²) in [6, 6.07) is 39.8. The molecular formula is C31H24N2O. The molecule has 1 unspecified atom stereocenters. The van der Waals surface area contributed by atoms with E-state index in [0.29, 0.717) is 18.0 Å². The summed E-state index contributed by atoms with van der Waals surface area (Å²) >= 11 is 0. The van der Waals surface area contributed by atoms with Gasteiger partial charge in [-0.05, 0) is 57.6 Å². The summed E-state index contributed by atoms with van der Waals surface area (Å²) in [6.07, 6.45) is 1.88. The van der Waals surface area contributed by atoms with Gasteiger partial charge in [-0.25, -0.2) is 0 Å². The second-order valence-corrected chi connectivity index (χ2v) is 8.58. The van der Waals surface area contributed by atoms with Crippen molar-refractivity contribution in [2.45, 2.75) is 12.0 Å². The van der Waals surface area contributed by atoms with Crippen molar-refractivity contribution in [1.82, 2.24) is 4.98 Å². The Morgan fingerprint density at radius 1 is 0.676 bits per heavy atom. The Hall–Kier alpha value is -4.37. The number of hydrogen-bond acceptors (Lipinski definition) is 3. The fourth-order valence-electron chi connectivity index (χ4n) is 5.20. The summed E-state index contributed by atoms with van der Waals surface area (Å²) in [5, 5.41) is 0. The maximum Gasteiger partial charge on any atom is 0.142 e. The monoisotopic (exact) mass is 440 g/mol. The molecule has 2 N–H and O–H groups in total. The Morgan fingerprint density at radius 3 is 2.24 bits per heavy atom. The molecule has 4 aromatic carbocycles. The molecule has 5 aromatic rings. The highest BCUT2D eigenvalue weighted by Gasteiger charge is 2.47. The molecular weight excluding hydrogens is 416 g/mol. The molecule has 0 aliphatic heterocycles. The molecule has 1 heterocycles. The summed E-state index contributed by atoms with van der Waals surface area (Å²) in [6.45, 7) is 0.435. The van der Waals surface area contributed by atoms with Crippen molar-refractivity contribution >= 4 is 5.69 Å². The fourth-order valence-corrected chi connectivity index (χ4v) is 5.20. The van der Waals surface area contributed by atoms with E-state index < -0.39 is 5.41 Å². The molecule has 0 amide bonds. The van der Waals surface area contributed by atoms with Crippen molar-refractivity contribution in [3.05, 3.63) is 149 Å². The molecule has 6 rings (SSSR count). The largest absolute Gasteiger partial charge is 0.487 e.